The molecule has 0 aliphatic heterocycles. The van der Waals surface area contributed by atoms with E-state index in [4.69, 9.17) is 32.9 Å². The van der Waals surface area contributed by atoms with Crippen molar-refractivity contribution in [2.45, 2.75) is 6.92 Å². The predicted molar refractivity (Wildman–Crippen MR) is 82.1 cm³/mol. The van der Waals surface area contributed by atoms with Gasteiger partial charge in [-0.1, -0.05) is 23.2 Å². The Morgan fingerprint density at radius 1 is 1.33 bits per heavy atom. The molecule has 2 aromatic rings. The fourth-order valence-corrected chi connectivity index (χ4v) is 1.94. The molecule has 0 aliphatic carbocycles. The molecule has 0 atom stereocenters. The van der Waals surface area contributed by atoms with E-state index in [0.29, 0.717) is 27.3 Å². The van der Waals surface area contributed by atoms with E-state index in [9.17, 15) is 4.79 Å². The minimum atomic E-state index is -0.587. The lowest BCUT2D eigenvalue weighted by atomic mass is 10.2. The topological polar surface area (TPSA) is 66.0 Å². The number of furan rings is 1. The largest absolute Gasteiger partial charge is 0.462 e. The molecule has 0 spiro atoms. The third-order valence-electron chi connectivity index (χ3n) is 2.59. The molecule has 6 heteroatoms. The molecule has 0 aliphatic rings. The van der Waals surface area contributed by atoms with Gasteiger partial charge in [-0.2, -0.15) is 5.26 Å². The number of halogens is 2. The van der Waals surface area contributed by atoms with Crippen LogP contribution in [0.2, 0.25) is 10.0 Å². The molecule has 1 N–H and O–H groups in total. The van der Waals surface area contributed by atoms with Crippen molar-refractivity contribution in [2.75, 3.05) is 5.32 Å². The van der Waals surface area contributed by atoms with Crippen molar-refractivity contribution < 1.29 is 9.21 Å². The minimum Gasteiger partial charge on any atom is -0.462 e. The first-order valence-corrected chi connectivity index (χ1v) is 6.70. The zero-order valence-corrected chi connectivity index (χ0v) is 12.5. The number of hydrogen-bond acceptors (Lipinski definition) is 3. The van der Waals surface area contributed by atoms with Crippen molar-refractivity contribution in [1.29, 1.82) is 5.26 Å². The Morgan fingerprint density at radius 3 is 2.71 bits per heavy atom. The molecule has 1 aromatic carbocycles. The molecule has 2 rings (SSSR count). The van der Waals surface area contributed by atoms with Crippen molar-refractivity contribution in [3.8, 4) is 6.07 Å². The smallest absolute Gasteiger partial charge is 0.266 e. The Hall–Kier alpha value is -2.22. The molecule has 106 valence electrons. The standard InChI is InChI=1S/C15H10Cl2N2O2/c1-9-2-4-12(21-9)6-10(8-18)15(20)19-14-7-11(16)3-5-13(14)17/h2-7H,1H3,(H,19,20)/b10-6+. The quantitative estimate of drug-likeness (QED) is 0.671. The van der Waals surface area contributed by atoms with Crippen LogP contribution in [0.4, 0.5) is 5.69 Å². The van der Waals surface area contributed by atoms with Crippen LogP contribution < -0.4 is 5.32 Å². The van der Waals surface area contributed by atoms with Gasteiger partial charge in [0.2, 0.25) is 0 Å². The molecule has 0 saturated carbocycles. The molecule has 0 unspecified atom stereocenters. The number of hydrogen-bond donors (Lipinski definition) is 1. The number of carbonyl (C=O) groups is 1. The van der Waals surface area contributed by atoms with Crippen molar-refractivity contribution in [1.82, 2.24) is 0 Å². The maximum Gasteiger partial charge on any atom is 0.266 e. The molecule has 1 heterocycles. The monoisotopic (exact) mass is 320 g/mol. The average molecular weight is 321 g/mol. The first-order chi connectivity index (χ1) is 9.99. The van der Waals surface area contributed by atoms with Gasteiger partial charge in [-0.25, -0.2) is 0 Å². The number of carbonyl (C=O) groups excluding carboxylic acids is 1. The summed E-state index contributed by atoms with van der Waals surface area (Å²) in [6.45, 7) is 1.77. The SMILES string of the molecule is Cc1ccc(/C=C(\C#N)C(=O)Nc2cc(Cl)ccc2Cl)o1. The van der Waals surface area contributed by atoms with Gasteiger partial charge in [0.25, 0.3) is 5.91 Å². The lowest BCUT2D eigenvalue weighted by Crippen LogP contribution is -2.13. The highest BCUT2D eigenvalue weighted by Gasteiger charge is 2.12. The van der Waals surface area contributed by atoms with Crippen LogP contribution in [-0.4, -0.2) is 5.91 Å². The highest BCUT2D eigenvalue weighted by Crippen LogP contribution is 2.26. The lowest BCUT2D eigenvalue weighted by molar-refractivity contribution is -0.112. The lowest BCUT2D eigenvalue weighted by Gasteiger charge is -2.06. The van der Waals surface area contributed by atoms with Gasteiger partial charge in [-0.3, -0.25) is 4.79 Å². The highest BCUT2D eigenvalue weighted by atomic mass is 35.5. The number of nitrogens with zero attached hydrogens (tertiary/aromatic N) is 1. The average Bonchev–Trinajstić information content (AvgIpc) is 2.85. The maximum absolute atomic E-state index is 12.1. The maximum atomic E-state index is 12.1. The molecule has 1 aromatic heterocycles. The third-order valence-corrected chi connectivity index (χ3v) is 3.15. The summed E-state index contributed by atoms with van der Waals surface area (Å²) < 4.78 is 5.30. The summed E-state index contributed by atoms with van der Waals surface area (Å²) in [6.07, 6.45) is 1.36. The van der Waals surface area contributed by atoms with Crippen LogP contribution in [0, 0.1) is 18.3 Å². The molecule has 4 nitrogen and oxygen atoms in total. The Morgan fingerprint density at radius 2 is 2.10 bits per heavy atom. The van der Waals surface area contributed by atoms with E-state index in [-0.39, 0.29) is 5.57 Å². The van der Waals surface area contributed by atoms with Crippen LogP contribution in [0.1, 0.15) is 11.5 Å². The van der Waals surface area contributed by atoms with E-state index in [2.05, 4.69) is 5.32 Å². The van der Waals surface area contributed by atoms with E-state index < -0.39 is 5.91 Å². The second-order valence-corrected chi connectivity index (χ2v) is 5.04. The number of nitrogens with one attached hydrogen (secondary N) is 1. The molecule has 0 bridgehead atoms. The molecular weight excluding hydrogens is 311 g/mol. The van der Waals surface area contributed by atoms with Gasteiger partial charge in [-0.05, 0) is 37.3 Å². The van der Waals surface area contributed by atoms with Crippen molar-refractivity contribution >= 4 is 40.9 Å². The zero-order valence-electron chi connectivity index (χ0n) is 11.0. The third kappa shape index (κ3) is 3.88. The van der Waals surface area contributed by atoms with Gasteiger partial charge in [-0.15, -0.1) is 0 Å². The molecule has 0 fully saturated rings. The van der Waals surface area contributed by atoms with Gasteiger partial charge in [0.1, 0.15) is 23.2 Å². The minimum absolute atomic E-state index is 0.0969. The molecule has 21 heavy (non-hydrogen) atoms. The van der Waals surface area contributed by atoms with E-state index in [1.54, 1.807) is 31.2 Å². The summed E-state index contributed by atoms with van der Waals surface area (Å²) in [7, 11) is 0. The number of anilines is 1. The Bertz CT molecular complexity index is 757. The van der Waals surface area contributed by atoms with Crippen molar-refractivity contribution in [2.24, 2.45) is 0 Å². The van der Waals surface area contributed by atoms with E-state index in [1.807, 2.05) is 6.07 Å². The number of nitriles is 1. The summed E-state index contributed by atoms with van der Waals surface area (Å²) in [5, 5.41) is 12.4. The first-order valence-electron chi connectivity index (χ1n) is 5.94. The zero-order chi connectivity index (χ0) is 15.4. The highest BCUT2D eigenvalue weighted by molar-refractivity contribution is 6.36. The number of rotatable bonds is 3. The Balaban J connectivity index is 2.23. The van der Waals surface area contributed by atoms with E-state index in [0.717, 1.165) is 0 Å². The second kappa shape index (κ2) is 6.49. The van der Waals surface area contributed by atoms with Crippen LogP contribution in [-0.2, 0) is 4.79 Å². The Labute approximate surface area is 131 Å². The summed E-state index contributed by atoms with van der Waals surface area (Å²) in [6, 6.07) is 9.91. The molecular formula is C15H10Cl2N2O2. The van der Waals surface area contributed by atoms with Crippen LogP contribution >= 0.6 is 23.2 Å². The summed E-state index contributed by atoms with van der Waals surface area (Å²) >= 11 is 11.8. The summed E-state index contributed by atoms with van der Waals surface area (Å²) in [5.41, 5.74) is 0.242. The fraction of sp³-hybridized carbons (Fsp3) is 0.0667. The van der Waals surface area contributed by atoms with Crippen molar-refractivity contribution in [3.63, 3.8) is 0 Å². The van der Waals surface area contributed by atoms with Crippen molar-refractivity contribution in [3.05, 3.63) is 57.5 Å². The molecule has 1 amide bonds. The fourth-order valence-electron chi connectivity index (χ4n) is 1.60. The van der Waals surface area contributed by atoms with Gasteiger partial charge in [0, 0.05) is 11.1 Å². The van der Waals surface area contributed by atoms with Gasteiger partial charge >= 0.3 is 0 Å². The van der Waals surface area contributed by atoms with Gasteiger partial charge in [0.15, 0.2) is 0 Å². The first kappa shape index (κ1) is 15.2. The van der Waals surface area contributed by atoms with Crippen LogP contribution in [0.15, 0.2) is 40.3 Å². The second-order valence-electron chi connectivity index (χ2n) is 4.20. The number of amides is 1. The van der Waals surface area contributed by atoms with E-state index >= 15 is 0 Å². The van der Waals surface area contributed by atoms with Gasteiger partial charge in [0.05, 0.1) is 10.7 Å². The van der Waals surface area contributed by atoms with Gasteiger partial charge < -0.3 is 9.73 Å². The van der Waals surface area contributed by atoms with Crippen LogP contribution in [0.5, 0.6) is 0 Å². The normalized spacial score (nSPS) is 11.0. The summed E-state index contributed by atoms with van der Waals surface area (Å²) in [5.74, 6) is 0.531. The number of benzene rings is 1. The number of aryl methyl sites for hydroxylation is 1. The predicted octanol–water partition coefficient (Wildman–Crippen LogP) is 4.44. The van der Waals surface area contributed by atoms with Crippen LogP contribution in [0.25, 0.3) is 6.08 Å². The molecule has 0 radical (unpaired) electrons. The van der Waals surface area contributed by atoms with E-state index in [1.165, 1.54) is 12.1 Å². The molecule has 0 saturated heterocycles. The Kier molecular flexibility index (Phi) is 4.69. The summed E-state index contributed by atoms with van der Waals surface area (Å²) in [4.78, 5) is 12.1. The van der Waals surface area contributed by atoms with Crippen LogP contribution in [0.3, 0.4) is 0 Å².